The third-order valence-electron chi connectivity index (χ3n) is 2.73. The summed E-state index contributed by atoms with van der Waals surface area (Å²) in [5, 5.41) is 15.6. The van der Waals surface area contributed by atoms with Gasteiger partial charge >= 0.3 is 5.97 Å². The smallest absolute Gasteiger partial charge is 0.355 e. The molecule has 0 unspecified atom stereocenters. The second kappa shape index (κ2) is 6.47. The molecular formula is C12H15N3O4S. The van der Waals surface area contributed by atoms with Gasteiger partial charge in [-0.15, -0.1) is 11.3 Å². The predicted octanol–water partition coefficient (Wildman–Crippen LogP) is 0.630. The molecule has 108 valence electrons. The van der Waals surface area contributed by atoms with Gasteiger partial charge in [-0.25, -0.2) is 9.78 Å². The van der Waals surface area contributed by atoms with Gasteiger partial charge in [0, 0.05) is 24.4 Å². The molecule has 20 heavy (non-hydrogen) atoms. The average molecular weight is 297 g/mol. The Morgan fingerprint density at radius 2 is 2.15 bits per heavy atom. The van der Waals surface area contributed by atoms with E-state index in [1.54, 1.807) is 0 Å². The molecule has 1 aliphatic carbocycles. The number of aromatic carboxylic acids is 1. The number of hydrogen-bond acceptors (Lipinski definition) is 5. The second-order valence-electron chi connectivity index (χ2n) is 4.54. The Hall–Kier alpha value is -1.96. The van der Waals surface area contributed by atoms with Crippen LogP contribution in [-0.4, -0.2) is 40.5 Å². The molecule has 0 saturated heterocycles. The molecule has 0 radical (unpaired) electrons. The van der Waals surface area contributed by atoms with Gasteiger partial charge in [-0.1, -0.05) is 0 Å². The molecule has 7 nitrogen and oxygen atoms in total. The number of amides is 2. The summed E-state index contributed by atoms with van der Waals surface area (Å²) < 4.78 is 0. The highest BCUT2D eigenvalue weighted by molar-refractivity contribution is 7.11. The highest BCUT2D eigenvalue weighted by Gasteiger charge is 2.22. The van der Waals surface area contributed by atoms with Crippen LogP contribution in [0.3, 0.4) is 0 Å². The highest BCUT2D eigenvalue weighted by Crippen LogP contribution is 2.18. The van der Waals surface area contributed by atoms with Gasteiger partial charge in [0.05, 0.1) is 0 Å². The zero-order chi connectivity index (χ0) is 14.5. The lowest BCUT2D eigenvalue weighted by Gasteiger charge is -2.04. The lowest BCUT2D eigenvalue weighted by Crippen LogP contribution is -2.28. The van der Waals surface area contributed by atoms with Crippen molar-refractivity contribution in [3.63, 3.8) is 0 Å². The van der Waals surface area contributed by atoms with Crippen molar-refractivity contribution in [1.29, 1.82) is 0 Å². The van der Waals surface area contributed by atoms with Gasteiger partial charge in [0.15, 0.2) is 10.7 Å². The van der Waals surface area contributed by atoms with Gasteiger partial charge in [0.25, 0.3) is 5.91 Å². The molecule has 0 spiro atoms. The SMILES string of the molecule is O=C(CCCNC(=O)c1nc(C(=O)O)cs1)NC1CC1. The van der Waals surface area contributed by atoms with Gasteiger partial charge in [0.2, 0.25) is 5.91 Å². The molecule has 2 rings (SSSR count). The number of aromatic nitrogens is 1. The van der Waals surface area contributed by atoms with E-state index in [4.69, 9.17) is 5.11 Å². The van der Waals surface area contributed by atoms with E-state index in [9.17, 15) is 14.4 Å². The van der Waals surface area contributed by atoms with E-state index in [2.05, 4.69) is 15.6 Å². The topological polar surface area (TPSA) is 108 Å². The number of nitrogens with zero attached hydrogens (tertiary/aromatic N) is 1. The minimum atomic E-state index is -1.16. The molecule has 0 aromatic carbocycles. The van der Waals surface area contributed by atoms with Gasteiger partial charge in [-0.05, 0) is 19.3 Å². The van der Waals surface area contributed by atoms with Crippen LogP contribution < -0.4 is 10.6 Å². The van der Waals surface area contributed by atoms with Crippen molar-refractivity contribution in [1.82, 2.24) is 15.6 Å². The molecule has 8 heteroatoms. The fourth-order valence-electron chi connectivity index (χ4n) is 1.53. The maximum atomic E-state index is 11.7. The lowest BCUT2D eigenvalue weighted by molar-refractivity contribution is -0.121. The van der Waals surface area contributed by atoms with Crippen molar-refractivity contribution < 1.29 is 19.5 Å². The van der Waals surface area contributed by atoms with Crippen molar-refractivity contribution in [2.45, 2.75) is 31.7 Å². The molecule has 1 aromatic rings. The van der Waals surface area contributed by atoms with E-state index >= 15 is 0 Å². The molecule has 0 bridgehead atoms. The largest absolute Gasteiger partial charge is 0.476 e. The van der Waals surface area contributed by atoms with Crippen LogP contribution in [0.1, 0.15) is 46.0 Å². The van der Waals surface area contributed by atoms with E-state index in [0.29, 0.717) is 25.4 Å². The zero-order valence-electron chi connectivity index (χ0n) is 10.7. The Bertz CT molecular complexity index is 525. The molecule has 1 saturated carbocycles. The van der Waals surface area contributed by atoms with Crippen LogP contribution in [0.4, 0.5) is 0 Å². The molecular weight excluding hydrogens is 282 g/mol. The minimum absolute atomic E-state index is 0.00385. The fourth-order valence-corrected chi connectivity index (χ4v) is 2.24. The van der Waals surface area contributed by atoms with Crippen molar-refractivity contribution >= 4 is 29.1 Å². The summed E-state index contributed by atoms with van der Waals surface area (Å²) >= 11 is 0.984. The fraction of sp³-hybridized carbons (Fsp3) is 0.500. The Balaban J connectivity index is 1.66. The Morgan fingerprint density at radius 1 is 1.40 bits per heavy atom. The number of carboxylic acid groups (broad SMARTS) is 1. The van der Waals surface area contributed by atoms with Crippen LogP contribution in [0, 0.1) is 0 Å². The first-order valence-corrected chi connectivity index (χ1v) is 7.20. The predicted molar refractivity (Wildman–Crippen MR) is 71.8 cm³/mol. The molecule has 3 N–H and O–H groups in total. The monoisotopic (exact) mass is 297 g/mol. The Morgan fingerprint density at radius 3 is 2.75 bits per heavy atom. The van der Waals surface area contributed by atoms with Crippen LogP contribution >= 0.6 is 11.3 Å². The number of thiazole rings is 1. The zero-order valence-corrected chi connectivity index (χ0v) is 11.5. The summed E-state index contributed by atoms with van der Waals surface area (Å²) in [6, 6.07) is 0.349. The second-order valence-corrected chi connectivity index (χ2v) is 5.40. The summed E-state index contributed by atoms with van der Waals surface area (Å²) in [6.07, 6.45) is 3.02. The van der Waals surface area contributed by atoms with Gasteiger partial charge in [-0.3, -0.25) is 9.59 Å². The van der Waals surface area contributed by atoms with Crippen molar-refractivity contribution in [3.8, 4) is 0 Å². The van der Waals surface area contributed by atoms with E-state index in [0.717, 1.165) is 24.2 Å². The standard InChI is InChI=1S/C12H15N3O4S/c16-9(14-7-3-4-7)2-1-5-13-10(17)11-15-8(6-20-11)12(18)19/h6-7H,1-5H2,(H,13,17)(H,14,16)(H,18,19). The molecule has 1 fully saturated rings. The third kappa shape index (κ3) is 4.30. The molecule has 0 aliphatic heterocycles. The highest BCUT2D eigenvalue weighted by atomic mass is 32.1. The van der Waals surface area contributed by atoms with Gasteiger partial charge in [0.1, 0.15) is 0 Å². The molecule has 1 aromatic heterocycles. The quantitative estimate of drug-likeness (QED) is 0.640. The van der Waals surface area contributed by atoms with Crippen molar-refractivity contribution in [3.05, 3.63) is 16.1 Å². The first-order chi connectivity index (χ1) is 9.56. The van der Waals surface area contributed by atoms with Gasteiger partial charge in [-0.2, -0.15) is 0 Å². The first kappa shape index (κ1) is 14.4. The number of hydrogen-bond donors (Lipinski definition) is 3. The van der Waals surface area contributed by atoms with Crippen LogP contribution in [0.25, 0.3) is 0 Å². The summed E-state index contributed by atoms with van der Waals surface area (Å²) in [6.45, 7) is 0.360. The van der Waals surface area contributed by atoms with E-state index in [1.165, 1.54) is 5.38 Å². The minimum Gasteiger partial charge on any atom is -0.476 e. The summed E-state index contributed by atoms with van der Waals surface area (Å²) in [5.41, 5.74) is -0.135. The number of carbonyl (C=O) groups excluding carboxylic acids is 2. The number of carbonyl (C=O) groups is 3. The first-order valence-electron chi connectivity index (χ1n) is 6.32. The number of nitrogens with one attached hydrogen (secondary N) is 2. The molecule has 1 heterocycles. The normalized spacial score (nSPS) is 13.8. The molecule has 2 amide bonds. The van der Waals surface area contributed by atoms with Crippen LogP contribution in [0.2, 0.25) is 0 Å². The van der Waals surface area contributed by atoms with Crippen LogP contribution in [0.5, 0.6) is 0 Å². The van der Waals surface area contributed by atoms with Crippen molar-refractivity contribution in [2.75, 3.05) is 6.54 Å². The van der Waals surface area contributed by atoms with Crippen molar-refractivity contribution in [2.24, 2.45) is 0 Å². The third-order valence-corrected chi connectivity index (χ3v) is 3.57. The molecule has 0 atom stereocenters. The van der Waals surface area contributed by atoms with Crippen LogP contribution in [0.15, 0.2) is 5.38 Å². The van der Waals surface area contributed by atoms with Gasteiger partial charge < -0.3 is 15.7 Å². The van der Waals surface area contributed by atoms with E-state index in [-0.39, 0.29) is 16.6 Å². The number of rotatable bonds is 7. The maximum absolute atomic E-state index is 11.7. The summed E-state index contributed by atoms with van der Waals surface area (Å²) in [4.78, 5) is 37.4. The average Bonchev–Trinajstić information content (AvgIpc) is 3.07. The Labute approximate surface area is 119 Å². The lowest BCUT2D eigenvalue weighted by atomic mass is 10.3. The summed E-state index contributed by atoms with van der Waals surface area (Å²) in [5.74, 6) is -1.56. The van der Waals surface area contributed by atoms with E-state index in [1.807, 2.05) is 0 Å². The summed E-state index contributed by atoms with van der Waals surface area (Å²) in [7, 11) is 0. The number of carboxylic acids is 1. The van der Waals surface area contributed by atoms with Crippen LogP contribution in [-0.2, 0) is 4.79 Å². The molecule has 1 aliphatic rings. The Kier molecular flexibility index (Phi) is 4.67. The van der Waals surface area contributed by atoms with E-state index < -0.39 is 11.9 Å². The maximum Gasteiger partial charge on any atom is 0.355 e.